The van der Waals surface area contributed by atoms with E-state index in [0.29, 0.717) is 18.6 Å². The number of benzene rings is 1. The molecule has 3 rings (SSSR count). The molecule has 0 bridgehead atoms. The summed E-state index contributed by atoms with van der Waals surface area (Å²) in [5.41, 5.74) is 0.311. The lowest BCUT2D eigenvalue weighted by Gasteiger charge is -2.27. The van der Waals surface area contributed by atoms with E-state index in [-0.39, 0.29) is 37.2 Å². The van der Waals surface area contributed by atoms with Crippen molar-refractivity contribution in [3.63, 3.8) is 0 Å². The molecular formula is C18H20N2O8S. The average molecular weight is 424 g/mol. The number of rotatable bonds is 8. The number of unbranched alkanes of at least 4 members (excludes halogenated alkanes) is 1. The number of nitrogens with zero attached hydrogens (tertiary/aromatic N) is 1. The van der Waals surface area contributed by atoms with Crippen LogP contribution in [0.2, 0.25) is 0 Å². The number of hydrogen-bond donors (Lipinski definition) is 1. The Morgan fingerprint density at radius 1 is 1.07 bits per heavy atom. The van der Waals surface area contributed by atoms with Gasteiger partial charge < -0.3 is 4.74 Å². The summed E-state index contributed by atoms with van der Waals surface area (Å²) in [6.07, 6.45) is 2.13. The molecule has 156 valence electrons. The lowest BCUT2D eigenvalue weighted by Crippen LogP contribution is -2.54. The molecule has 0 radical (unpaired) electrons. The van der Waals surface area contributed by atoms with Crippen LogP contribution in [0.5, 0.6) is 5.75 Å². The van der Waals surface area contributed by atoms with Crippen LogP contribution in [0.1, 0.15) is 46.4 Å². The van der Waals surface area contributed by atoms with Gasteiger partial charge in [0.25, 0.3) is 21.9 Å². The number of hydrogen-bond acceptors (Lipinski definition) is 8. The van der Waals surface area contributed by atoms with Crippen LogP contribution < -0.4 is 10.1 Å². The molecule has 1 aromatic rings. The summed E-state index contributed by atoms with van der Waals surface area (Å²) in [6.45, 7) is 0.325. The van der Waals surface area contributed by atoms with Crippen molar-refractivity contribution in [2.24, 2.45) is 0 Å². The van der Waals surface area contributed by atoms with Crippen LogP contribution in [-0.2, 0) is 23.9 Å². The van der Waals surface area contributed by atoms with Crippen LogP contribution in [0.4, 0.5) is 0 Å². The predicted molar refractivity (Wildman–Crippen MR) is 98.6 cm³/mol. The van der Waals surface area contributed by atoms with Crippen molar-refractivity contribution in [3.8, 4) is 5.75 Å². The first-order valence-electron chi connectivity index (χ1n) is 9.00. The number of carbonyl (C=O) groups is 4. The minimum absolute atomic E-state index is 0.0558. The molecule has 2 heterocycles. The maximum absolute atomic E-state index is 12.7. The normalized spacial score (nSPS) is 19.3. The first-order valence-corrected chi connectivity index (χ1v) is 10.8. The number of ether oxygens (including phenoxy) is 1. The molecule has 1 atom stereocenters. The number of piperidine rings is 1. The summed E-state index contributed by atoms with van der Waals surface area (Å²) in [7, 11) is -3.47. The highest BCUT2D eigenvalue weighted by Gasteiger charge is 2.44. The minimum atomic E-state index is -3.47. The molecular weight excluding hydrogens is 404 g/mol. The SMILES string of the molecule is CS(=O)(=O)OCCCCOc1ccc2c(c1)C(=O)N(C1CCC(=O)NC1=O)C2=O. The first kappa shape index (κ1) is 20.9. The number of fused-ring (bicyclic) bond motifs is 1. The molecule has 0 aliphatic carbocycles. The smallest absolute Gasteiger partial charge is 0.264 e. The number of carbonyl (C=O) groups excluding carboxylic acids is 4. The highest BCUT2D eigenvalue weighted by molar-refractivity contribution is 7.85. The van der Waals surface area contributed by atoms with E-state index in [1.165, 1.54) is 12.1 Å². The van der Waals surface area contributed by atoms with Crippen molar-refractivity contribution < 1.29 is 36.5 Å². The summed E-state index contributed by atoms with van der Waals surface area (Å²) in [5.74, 6) is -1.90. The van der Waals surface area contributed by atoms with E-state index >= 15 is 0 Å². The Bertz CT molecular complexity index is 972. The second-order valence-electron chi connectivity index (χ2n) is 6.74. The van der Waals surface area contributed by atoms with Gasteiger partial charge in [-0.2, -0.15) is 8.42 Å². The van der Waals surface area contributed by atoms with Gasteiger partial charge in [0, 0.05) is 6.42 Å². The van der Waals surface area contributed by atoms with Gasteiger partial charge in [0.1, 0.15) is 11.8 Å². The van der Waals surface area contributed by atoms with Crippen molar-refractivity contribution in [1.29, 1.82) is 0 Å². The van der Waals surface area contributed by atoms with Crippen molar-refractivity contribution in [3.05, 3.63) is 29.3 Å². The zero-order valence-corrected chi connectivity index (χ0v) is 16.5. The predicted octanol–water partition coefficient (Wildman–Crippen LogP) is 0.223. The Hall–Kier alpha value is -2.79. The quantitative estimate of drug-likeness (QED) is 0.356. The molecule has 0 saturated carbocycles. The molecule has 1 saturated heterocycles. The van der Waals surface area contributed by atoms with Gasteiger partial charge in [0.05, 0.1) is 30.6 Å². The Labute approximate surface area is 167 Å². The van der Waals surface area contributed by atoms with Crippen molar-refractivity contribution in [2.45, 2.75) is 31.7 Å². The van der Waals surface area contributed by atoms with Gasteiger partial charge in [0.2, 0.25) is 11.8 Å². The zero-order chi connectivity index (χ0) is 21.2. The van der Waals surface area contributed by atoms with Crippen molar-refractivity contribution >= 4 is 33.7 Å². The van der Waals surface area contributed by atoms with Gasteiger partial charge in [-0.3, -0.25) is 33.6 Å². The van der Waals surface area contributed by atoms with Gasteiger partial charge in [-0.1, -0.05) is 0 Å². The fourth-order valence-corrected chi connectivity index (χ4v) is 3.56. The Morgan fingerprint density at radius 3 is 2.45 bits per heavy atom. The summed E-state index contributed by atoms with van der Waals surface area (Å²) in [4.78, 5) is 49.5. The molecule has 0 spiro atoms. The second-order valence-corrected chi connectivity index (χ2v) is 8.38. The number of nitrogens with one attached hydrogen (secondary N) is 1. The van der Waals surface area contributed by atoms with Gasteiger partial charge in [-0.05, 0) is 37.5 Å². The second kappa shape index (κ2) is 8.29. The molecule has 29 heavy (non-hydrogen) atoms. The fraction of sp³-hybridized carbons (Fsp3) is 0.444. The van der Waals surface area contributed by atoms with E-state index in [0.717, 1.165) is 11.2 Å². The minimum Gasteiger partial charge on any atom is -0.494 e. The molecule has 1 aromatic carbocycles. The Balaban J connectivity index is 1.60. The zero-order valence-electron chi connectivity index (χ0n) is 15.7. The molecule has 1 unspecified atom stereocenters. The lowest BCUT2D eigenvalue weighted by molar-refractivity contribution is -0.136. The van der Waals surface area contributed by atoms with Gasteiger partial charge >= 0.3 is 0 Å². The van der Waals surface area contributed by atoms with E-state index in [1.54, 1.807) is 6.07 Å². The maximum atomic E-state index is 12.7. The van der Waals surface area contributed by atoms with E-state index in [4.69, 9.17) is 4.74 Å². The molecule has 0 aromatic heterocycles. The third-order valence-electron chi connectivity index (χ3n) is 4.52. The maximum Gasteiger partial charge on any atom is 0.264 e. The van der Waals surface area contributed by atoms with E-state index in [9.17, 15) is 27.6 Å². The number of imide groups is 2. The van der Waals surface area contributed by atoms with Gasteiger partial charge in [-0.15, -0.1) is 0 Å². The molecule has 4 amide bonds. The van der Waals surface area contributed by atoms with Gasteiger partial charge in [-0.25, -0.2) is 0 Å². The molecule has 2 aliphatic rings. The van der Waals surface area contributed by atoms with Gasteiger partial charge in [0.15, 0.2) is 0 Å². The van der Waals surface area contributed by atoms with Crippen LogP contribution in [0.25, 0.3) is 0 Å². The Morgan fingerprint density at radius 2 is 1.76 bits per heavy atom. The van der Waals surface area contributed by atoms with E-state index in [1.807, 2.05) is 0 Å². The fourth-order valence-electron chi connectivity index (χ4n) is 3.14. The van der Waals surface area contributed by atoms with Crippen LogP contribution in [-0.4, -0.2) is 62.5 Å². The summed E-state index contributed by atoms with van der Waals surface area (Å²) >= 11 is 0. The third-order valence-corrected chi connectivity index (χ3v) is 5.11. The molecule has 11 heteroatoms. The molecule has 1 fully saturated rings. The standard InChI is InChI=1S/C18H20N2O8S/c1-29(25,26)28-9-3-2-8-27-11-4-5-12-13(10-11)18(24)20(17(12)23)14-6-7-15(21)19-16(14)22/h4-5,10,14H,2-3,6-9H2,1H3,(H,19,21,22). The Kier molecular flexibility index (Phi) is 5.99. The topological polar surface area (TPSA) is 136 Å². The number of amides is 4. The summed E-state index contributed by atoms with van der Waals surface area (Å²) < 4.78 is 31.9. The van der Waals surface area contributed by atoms with Crippen LogP contribution in [0.15, 0.2) is 18.2 Å². The lowest BCUT2D eigenvalue weighted by atomic mass is 10.0. The molecule has 10 nitrogen and oxygen atoms in total. The molecule has 2 aliphatic heterocycles. The van der Waals surface area contributed by atoms with Crippen LogP contribution in [0, 0.1) is 0 Å². The van der Waals surface area contributed by atoms with E-state index < -0.39 is 39.8 Å². The third kappa shape index (κ3) is 4.80. The largest absolute Gasteiger partial charge is 0.494 e. The van der Waals surface area contributed by atoms with E-state index in [2.05, 4.69) is 9.50 Å². The van der Waals surface area contributed by atoms with Crippen molar-refractivity contribution in [1.82, 2.24) is 10.2 Å². The monoisotopic (exact) mass is 424 g/mol. The highest BCUT2D eigenvalue weighted by Crippen LogP contribution is 2.30. The summed E-state index contributed by atoms with van der Waals surface area (Å²) in [5, 5.41) is 2.14. The summed E-state index contributed by atoms with van der Waals surface area (Å²) in [6, 6.07) is 3.43. The van der Waals surface area contributed by atoms with Crippen molar-refractivity contribution in [2.75, 3.05) is 19.5 Å². The molecule has 1 N–H and O–H groups in total. The highest BCUT2D eigenvalue weighted by atomic mass is 32.2. The first-order chi connectivity index (χ1) is 13.7. The average Bonchev–Trinajstić information content (AvgIpc) is 2.88. The van der Waals surface area contributed by atoms with Crippen LogP contribution in [0.3, 0.4) is 0 Å². The van der Waals surface area contributed by atoms with Crippen LogP contribution >= 0.6 is 0 Å².